The molecule has 2 saturated heterocycles. The van der Waals surface area contributed by atoms with Gasteiger partial charge in [0.25, 0.3) is 0 Å². The van der Waals surface area contributed by atoms with Crippen LogP contribution in [-0.2, 0) is 46.0 Å². The van der Waals surface area contributed by atoms with E-state index in [0.717, 1.165) is 63.1 Å². The van der Waals surface area contributed by atoms with Gasteiger partial charge in [-0.2, -0.15) is 0 Å². The number of alkyl carbamates (subject to hydrolysis) is 2. The number of H-pyrrole nitrogens is 2. The molecule has 0 radical (unpaired) electrons. The van der Waals surface area contributed by atoms with Gasteiger partial charge in [0, 0.05) is 57.4 Å². The highest BCUT2D eigenvalue weighted by atomic mass is 28.3. The van der Waals surface area contributed by atoms with Crippen LogP contribution in [0.3, 0.4) is 0 Å². The molecule has 4 N–H and O–H groups in total. The van der Waals surface area contributed by atoms with E-state index in [1.165, 1.54) is 14.2 Å². The number of amides is 4. The second-order valence-corrected chi connectivity index (χ2v) is 23.2. The molecule has 342 valence electrons. The van der Waals surface area contributed by atoms with Crippen molar-refractivity contribution < 1.29 is 28.7 Å². The average molecular weight is 911 g/mol. The number of methoxy groups -OCH3 is 2. The maximum Gasteiger partial charge on any atom is 0.407 e. The standard InChI is InChI=1S/C47H54N12O6Si/c1-56-22-32(49-25-56)19-36(53-46(62)64-3)44(60)58-17-7-8-39(58)43-51-35-16-14-31-18-30(13-15-34(31)41(35)55-43)28-9-11-29(12-10-28)38-21-48-42(52-38)40-24-66(5,6)27-59(40)45(61)37(54-47(63)65-4)20-33-23-57(2)26-50-33/h9-16,18,21-23,25-26,36-37,39-40H,7-8,17,19-20,24,27H2,1-6H3,(H,48,52)(H,51,55)(H,53,62)(H,54,63)/t36-,37-,39-,40-/m0/s1. The zero-order chi connectivity index (χ0) is 46.3. The first-order valence-electron chi connectivity index (χ1n) is 22.1. The lowest BCUT2D eigenvalue weighted by Gasteiger charge is -2.28. The van der Waals surface area contributed by atoms with Crippen molar-refractivity contribution in [2.75, 3.05) is 26.9 Å². The number of rotatable bonds is 12. The molecule has 66 heavy (non-hydrogen) atoms. The number of carbonyl (C=O) groups is 4. The molecule has 3 aromatic carbocycles. The minimum absolute atomic E-state index is 0.190. The molecule has 18 nitrogen and oxygen atoms in total. The summed E-state index contributed by atoms with van der Waals surface area (Å²) >= 11 is 0. The molecule has 9 rings (SSSR count). The van der Waals surface area contributed by atoms with Crippen LogP contribution >= 0.6 is 0 Å². The van der Waals surface area contributed by atoms with Gasteiger partial charge in [-0.1, -0.05) is 55.6 Å². The Morgan fingerprint density at radius 2 is 1.38 bits per heavy atom. The molecule has 6 heterocycles. The predicted molar refractivity (Wildman–Crippen MR) is 250 cm³/mol. The molecular formula is C47H54N12O6Si. The number of benzene rings is 3. The first-order valence-corrected chi connectivity index (χ1v) is 25.5. The van der Waals surface area contributed by atoms with Crippen LogP contribution in [0.5, 0.6) is 0 Å². The average Bonchev–Trinajstić information content (AvgIpc) is 4.18. The van der Waals surface area contributed by atoms with Gasteiger partial charge in [-0.05, 0) is 53.1 Å². The van der Waals surface area contributed by atoms with Crippen LogP contribution < -0.4 is 10.6 Å². The van der Waals surface area contributed by atoms with Crippen molar-refractivity contribution in [3.63, 3.8) is 0 Å². The molecule has 2 aliphatic rings. The summed E-state index contributed by atoms with van der Waals surface area (Å²) < 4.78 is 13.4. The third kappa shape index (κ3) is 9.02. The number of aromatic amines is 2. The fourth-order valence-corrected chi connectivity index (χ4v) is 12.4. The first kappa shape index (κ1) is 43.9. The number of nitrogens with zero attached hydrogens (tertiary/aromatic N) is 8. The summed E-state index contributed by atoms with van der Waals surface area (Å²) in [5.74, 6) is 1.02. The Labute approximate surface area is 382 Å². The summed E-state index contributed by atoms with van der Waals surface area (Å²) in [7, 11) is 4.45. The second-order valence-electron chi connectivity index (χ2n) is 18.2. The number of aryl methyl sites for hydroxylation is 2. The molecule has 0 spiro atoms. The second kappa shape index (κ2) is 17.9. The van der Waals surface area contributed by atoms with Gasteiger partial charge in [-0.15, -0.1) is 0 Å². The van der Waals surface area contributed by atoms with Crippen molar-refractivity contribution in [1.29, 1.82) is 0 Å². The van der Waals surface area contributed by atoms with Crippen molar-refractivity contribution in [2.24, 2.45) is 14.1 Å². The van der Waals surface area contributed by atoms with Gasteiger partial charge in [0.1, 0.15) is 23.7 Å². The lowest BCUT2D eigenvalue weighted by Crippen LogP contribution is -2.50. The highest BCUT2D eigenvalue weighted by molar-refractivity contribution is 6.78. The Bertz CT molecular complexity index is 2940. The summed E-state index contributed by atoms with van der Waals surface area (Å²) in [6.07, 6.45) is 10.1. The van der Waals surface area contributed by atoms with Gasteiger partial charge in [0.2, 0.25) is 11.8 Å². The Morgan fingerprint density at radius 3 is 2.00 bits per heavy atom. The maximum atomic E-state index is 14.2. The van der Waals surface area contributed by atoms with Crippen molar-refractivity contribution >= 4 is 53.9 Å². The van der Waals surface area contributed by atoms with E-state index in [9.17, 15) is 19.2 Å². The summed E-state index contributed by atoms with van der Waals surface area (Å²) in [6, 6.07) is 17.3. The number of hydrogen-bond donors (Lipinski definition) is 4. The van der Waals surface area contributed by atoms with Gasteiger partial charge < -0.3 is 49.0 Å². The number of hydrogen-bond acceptors (Lipinski definition) is 10. The van der Waals surface area contributed by atoms with Gasteiger partial charge in [0.05, 0.1) is 81.3 Å². The third-order valence-electron chi connectivity index (χ3n) is 12.7. The van der Waals surface area contributed by atoms with Crippen LogP contribution in [0.4, 0.5) is 9.59 Å². The number of fused-ring (bicyclic) bond motifs is 3. The van der Waals surface area contributed by atoms with Crippen LogP contribution in [-0.4, -0.2) is 120 Å². The van der Waals surface area contributed by atoms with Gasteiger partial charge in [0.15, 0.2) is 0 Å². The normalized spacial score (nSPS) is 17.8. The van der Waals surface area contributed by atoms with E-state index in [-0.39, 0.29) is 36.7 Å². The number of carbonyl (C=O) groups excluding carboxylic acids is 4. The first-order chi connectivity index (χ1) is 31.7. The van der Waals surface area contributed by atoms with Crippen LogP contribution in [0.1, 0.15) is 48.0 Å². The van der Waals surface area contributed by atoms with Gasteiger partial charge in [-0.25, -0.2) is 29.5 Å². The predicted octanol–water partition coefficient (Wildman–Crippen LogP) is 5.97. The van der Waals surface area contributed by atoms with E-state index < -0.39 is 32.3 Å². The van der Waals surface area contributed by atoms with Crippen LogP contribution in [0, 0.1) is 0 Å². The molecule has 0 aliphatic carbocycles. The summed E-state index contributed by atoms with van der Waals surface area (Å²) in [5.41, 5.74) is 6.99. The minimum atomic E-state index is -1.83. The SMILES string of the molecule is COC(=O)N[C@@H](Cc1cn(C)cn1)C(=O)N1C[Si](C)(C)C[C@H]1c1ncc(-c2ccc(-c3ccc4c(ccc5nc([C@@H]6CCCN6C(=O)[C@H](Cc6cn(C)cn6)NC(=O)OC)[nH]c54)c3)cc2)[nH]1. The number of aromatic nitrogens is 8. The number of likely N-dealkylation sites (tertiary alicyclic amines) is 1. The van der Waals surface area contributed by atoms with Crippen molar-refractivity contribution in [3.8, 4) is 22.4 Å². The molecule has 0 unspecified atom stereocenters. The van der Waals surface area contributed by atoms with Gasteiger partial charge in [-0.3, -0.25) is 9.59 Å². The van der Waals surface area contributed by atoms with E-state index in [1.54, 1.807) is 22.1 Å². The van der Waals surface area contributed by atoms with Crippen molar-refractivity contribution in [3.05, 3.63) is 109 Å². The Balaban J connectivity index is 0.912. The summed E-state index contributed by atoms with van der Waals surface area (Å²) in [5, 5.41) is 7.54. The van der Waals surface area contributed by atoms with E-state index in [0.29, 0.717) is 35.7 Å². The highest BCUT2D eigenvalue weighted by Gasteiger charge is 2.45. The van der Waals surface area contributed by atoms with Crippen molar-refractivity contribution in [2.45, 2.75) is 69.0 Å². The summed E-state index contributed by atoms with van der Waals surface area (Å²) in [4.78, 5) is 82.3. The zero-order valence-electron chi connectivity index (χ0n) is 37.9. The zero-order valence-corrected chi connectivity index (χ0v) is 38.9. The lowest BCUT2D eigenvalue weighted by molar-refractivity contribution is -0.135. The molecule has 2 fully saturated rings. The van der Waals surface area contributed by atoms with Crippen molar-refractivity contribution in [1.82, 2.24) is 59.5 Å². The van der Waals surface area contributed by atoms with Crippen LogP contribution in [0.15, 0.2) is 85.8 Å². The molecule has 0 saturated carbocycles. The molecule has 4 atom stereocenters. The molecular weight excluding hydrogens is 857 g/mol. The molecule has 0 bridgehead atoms. The molecule has 19 heteroatoms. The smallest absolute Gasteiger partial charge is 0.407 e. The quantitative estimate of drug-likeness (QED) is 0.106. The van der Waals surface area contributed by atoms with E-state index in [2.05, 4.69) is 92.2 Å². The Morgan fingerprint density at radius 1 is 0.758 bits per heavy atom. The third-order valence-corrected chi connectivity index (χ3v) is 15.4. The summed E-state index contributed by atoms with van der Waals surface area (Å²) in [6.45, 7) is 5.07. The largest absolute Gasteiger partial charge is 0.453 e. The number of nitrogens with one attached hydrogen (secondary N) is 4. The number of imidazole rings is 4. The topological polar surface area (TPSA) is 210 Å². The van der Waals surface area contributed by atoms with E-state index >= 15 is 0 Å². The Hall–Kier alpha value is -7.28. The van der Waals surface area contributed by atoms with Crippen LogP contribution in [0.2, 0.25) is 19.1 Å². The van der Waals surface area contributed by atoms with E-state index in [4.69, 9.17) is 19.4 Å². The van der Waals surface area contributed by atoms with Crippen LogP contribution in [0.25, 0.3) is 44.2 Å². The van der Waals surface area contributed by atoms with E-state index in [1.807, 2.05) is 48.2 Å². The fourth-order valence-electron chi connectivity index (χ4n) is 9.49. The minimum Gasteiger partial charge on any atom is -0.453 e. The highest BCUT2D eigenvalue weighted by Crippen LogP contribution is 2.39. The lowest BCUT2D eigenvalue weighted by atomic mass is 9.99. The monoisotopic (exact) mass is 910 g/mol. The number of ether oxygens (including phenoxy) is 2. The van der Waals surface area contributed by atoms with Gasteiger partial charge >= 0.3 is 12.2 Å². The Kier molecular flexibility index (Phi) is 11.9. The molecule has 7 aromatic rings. The molecule has 4 aromatic heterocycles. The molecule has 4 amide bonds. The maximum absolute atomic E-state index is 14.2. The molecule has 2 aliphatic heterocycles. The fraction of sp³-hybridized carbons (Fsp3) is 0.362.